The molecule has 0 fully saturated rings. The molecule has 3 N–H and O–H groups in total. The average molecular weight is 284 g/mol. The quantitative estimate of drug-likeness (QED) is 0.666. The van der Waals surface area contributed by atoms with E-state index in [2.05, 4.69) is 34.2 Å². The maximum Gasteiger partial charge on any atom is 0.191 e. The molecule has 18 heavy (non-hydrogen) atoms. The first-order valence-corrected chi connectivity index (χ1v) is 6.74. The van der Waals surface area contributed by atoms with Crippen molar-refractivity contribution in [3.8, 4) is 10.8 Å². The van der Waals surface area contributed by atoms with Crippen molar-refractivity contribution in [2.24, 2.45) is 11.8 Å². The third-order valence-corrected chi connectivity index (χ3v) is 3.32. The molecule has 2 rings (SSSR count). The van der Waals surface area contributed by atoms with Gasteiger partial charge in [-0.1, -0.05) is 36.8 Å². The van der Waals surface area contributed by atoms with Crippen LogP contribution < -0.4 is 11.3 Å². The number of hydrogen-bond acceptors (Lipinski definition) is 6. The first-order chi connectivity index (χ1) is 8.58. The summed E-state index contributed by atoms with van der Waals surface area (Å²) in [5.41, 5.74) is 3.49. The smallest absolute Gasteiger partial charge is 0.191 e. The minimum Gasteiger partial charge on any atom is -0.308 e. The molecule has 2 aromatic heterocycles. The van der Waals surface area contributed by atoms with Crippen molar-refractivity contribution < 1.29 is 0 Å². The number of hydrazine groups is 1. The van der Waals surface area contributed by atoms with Crippen LogP contribution in [0.25, 0.3) is 10.8 Å². The summed E-state index contributed by atoms with van der Waals surface area (Å²) in [6.07, 6.45) is 2.46. The minimum atomic E-state index is 0.512. The van der Waals surface area contributed by atoms with Gasteiger partial charge in [0.2, 0.25) is 0 Å². The van der Waals surface area contributed by atoms with Gasteiger partial charge in [-0.3, -0.25) is 0 Å². The van der Waals surface area contributed by atoms with Crippen LogP contribution >= 0.6 is 22.9 Å². The molecular formula is C11H14ClN5S. The molecule has 0 amide bonds. The molecule has 0 atom stereocenters. The van der Waals surface area contributed by atoms with Crippen LogP contribution in [0.5, 0.6) is 0 Å². The third kappa shape index (κ3) is 3.16. The zero-order valence-corrected chi connectivity index (χ0v) is 11.7. The zero-order chi connectivity index (χ0) is 13.1. The molecule has 0 unspecified atom stereocenters. The molecule has 0 bridgehead atoms. The Kier molecular flexibility index (Phi) is 4.11. The van der Waals surface area contributed by atoms with Crippen LogP contribution in [-0.4, -0.2) is 15.0 Å². The lowest BCUT2D eigenvalue weighted by Gasteiger charge is -2.08. The van der Waals surface area contributed by atoms with Crippen molar-refractivity contribution in [2.75, 3.05) is 5.43 Å². The highest BCUT2D eigenvalue weighted by atomic mass is 35.5. The third-order valence-electron chi connectivity index (χ3n) is 2.21. The molecule has 7 heteroatoms. The highest BCUT2D eigenvalue weighted by Gasteiger charge is 2.11. The van der Waals surface area contributed by atoms with Crippen LogP contribution in [0.3, 0.4) is 0 Å². The van der Waals surface area contributed by atoms with Gasteiger partial charge in [-0.05, 0) is 12.3 Å². The molecule has 0 saturated heterocycles. The summed E-state index contributed by atoms with van der Waals surface area (Å²) in [4.78, 5) is 12.9. The Morgan fingerprint density at radius 2 is 2.22 bits per heavy atom. The van der Waals surface area contributed by atoms with Gasteiger partial charge in [0, 0.05) is 11.8 Å². The Morgan fingerprint density at radius 1 is 1.44 bits per heavy atom. The van der Waals surface area contributed by atoms with E-state index in [4.69, 9.17) is 17.4 Å². The molecule has 5 nitrogen and oxygen atoms in total. The number of nitrogen functional groups attached to an aromatic ring is 1. The SMILES string of the molecule is CC(C)Cc1cc(NN)nc(-c2ncc(Cl)s2)n1. The van der Waals surface area contributed by atoms with Gasteiger partial charge in [0.05, 0.1) is 6.20 Å². The largest absolute Gasteiger partial charge is 0.308 e. The first kappa shape index (κ1) is 13.2. The predicted octanol–water partition coefficient (Wildman–Crippen LogP) is 2.74. The average Bonchev–Trinajstić information content (AvgIpc) is 2.74. The summed E-state index contributed by atoms with van der Waals surface area (Å²) in [6, 6.07) is 1.85. The second kappa shape index (κ2) is 5.60. The fraction of sp³-hybridized carbons (Fsp3) is 0.364. The molecule has 2 aromatic rings. The summed E-state index contributed by atoms with van der Waals surface area (Å²) in [5.74, 6) is 7.07. The van der Waals surface area contributed by atoms with Crippen molar-refractivity contribution in [1.82, 2.24) is 15.0 Å². The second-order valence-electron chi connectivity index (χ2n) is 4.28. The lowest BCUT2D eigenvalue weighted by Crippen LogP contribution is -2.11. The van der Waals surface area contributed by atoms with E-state index in [0.29, 0.717) is 26.9 Å². The van der Waals surface area contributed by atoms with Crippen molar-refractivity contribution in [2.45, 2.75) is 20.3 Å². The summed E-state index contributed by atoms with van der Waals surface area (Å²) < 4.78 is 0.616. The first-order valence-electron chi connectivity index (χ1n) is 5.54. The van der Waals surface area contributed by atoms with Crippen LogP contribution in [0.2, 0.25) is 4.34 Å². The van der Waals surface area contributed by atoms with E-state index in [-0.39, 0.29) is 0 Å². The van der Waals surface area contributed by atoms with Gasteiger partial charge in [0.1, 0.15) is 10.2 Å². The molecule has 0 radical (unpaired) electrons. The molecule has 0 aromatic carbocycles. The number of nitrogens with two attached hydrogens (primary N) is 1. The van der Waals surface area contributed by atoms with Gasteiger partial charge in [-0.2, -0.15) is 0 Å². The highest BCUT2D eigenvalue weighted by molar-refractivity contribution is 7.18. The summed E-state index contributed by atoms with van der Waals surface area (Å²) in [7, 11) is 0. The molecule has 2 heterocycles. The molecule has 96 valence electrons. The van der Waals surface area contributed by atoms with Gasteiger partial charge in [-0.15, -0.1) is 0 Å². The van der Waals surface area contributed by atoms with E-state index < -0.39 is 0 Å². The number of anilines is 1. The van der Waals surface area contributed by atoms with Gasteiger partial charge in [-0.25, -0.2) is 20.8 Å². The number of aromatic nitrogens is 3. The van der Waals surface area contributed by atoms with E-state index in [1.54, 1.807) is 6.20 Å². The Labute approximate surface area is 114 Å². The van der Waals surface area contributed by atoms with Crippen molar-refractivity contribution in [1.29, 1.82) is 0 Å². The number of nitrogens with one attached hydrogen (secondary N) is 1. The van der Waals surface area contributed by atoms with Crippen LogP contribution in [0.15, 0.2) is 12.3 Å². The molecule has 0 aliphatic rings. The summed E-state index contributed by atoms with van der Waals surface area (Å²) in [6.45, 7) is 4.27. The zero-order valence-electron chi connectivity index (χ0n) is 10.1. The van der Waals surface area contributed by atoms with Crippen LogP contribution in [-0.2, 0) is 6.42 Å². The van der Waals surface area contributed by atoms with E-state index in [0.717, 1.165) is 12.1 Å². The highest BCUT2D eigenvalue weighted by Crippen LogP contribution is 2.26. The van der Waals surface area contributed by atoms with Crippen molar-refractivity contribution in [3.05, 3.63) is 22.3 Å². The fourth-order valence-electron chi connectivity index (χ4n) is 1.55. The molecule has 0 spiro atoms. The Hall–Kier alpha value is -1.24. The van der Waals surface area contributed by atoms with Crippen LogP contribution in [0, 0.1) is 5.92 Å². The standard InChI is InChI=1S/C11H14ClN5S/c1-6(2)3-7-4-9(17-13)16-10(15-7)11-14-5-8(12)18-11/h4-6H,3,13H2,1-2H3,(H,15,16,17). The van der Waals surface area contributed by atoms with Crippen molar-refractivity contribution >= 4 is 28.8 Å². The van der Waals surface area contributed by atoms with Gasteiger partial charge in [0.15, 0.2) is 10.8 Å². The summed E-state index contributed by atoms with van der Waals surface area (Å²) in [5, 5.41) is 0.696. The lowest BCUT2D eigenvalue weighted by molar-refractivity contribution is 0.635. The van der Waals surface area contributed by atoms with E-state index >= 15 is 0 Å². The van der Waals surface area contributed by atoms with E-state index in [1.165, 1.54) is 11.3 Å². The number of thiazole rings is 1. The maximum absolute atomic E-state index is 5.87. The van der Waals surface area contributed by atoms with Crippen molar-refractivity contribution in [3.63, 3.8) is 0 Å². The number of rotatable bonds is 4. The topological polar surface area (TPSA) is 76.7 Å². The van der Waals surface area contributed by atoms with Gasteiger partial charge in [0.25, 0.3) is 0 Å². The molecule has 0 aliphatic carbocycles. The predicted molar refractivity (Wildman–Crippen MR) is 74.5 cm³/mol. The number of hydrogen-bond donors (Lipinski definition) is 2. The number of halogens is 1. The fourth-order valence-corrected chi connectivity index (χ4v) is 2.39. The Bertz CT molecular complexity index is 540. The van der Waals surface area contributed by atoms with Gasteiger partial charge < -0.3 is 5.43 Å². The normalized spacial score (nSPS) is 10.9. The molecular weight excluding hydrogens is 270 g/mol. The molecule has 0 saturated carbocycles. The molecule has 0 aliphatic heterocycles. The maximum atomic E-state index is 5.87. The monoisotopic (exact) mass is 283 g/mol. The van der Waals surface area contributed by atoms with E-state index in [1.807, 2.05) is 6.07 Å². The second-order valence-corrected chi connectivity index (χ2v) is 5.94. The number of nitrogens with zero attached hydrogens (tertiary/aromatic N) is 3. The van der Waals surface area contributed by atoms with Gasteiger partial charge >= 0.3 is 0 Å². The van der Waals surface area contributed by atoms with E-state index in [9.17, 15) is 0 Å². The van der Waals surface area contributed by atoms with Crippen LogP contribution in [0.1, 0.15) is 19.5 Å². The minimum absolute atomic E-state index is 0.512. The summed E-state index contributed by atoms with van der Waals surface area (Å²) >= 11 is 7.22. The Morgan fingerprint density at radius 3 is 2.78 bits per heavy atom. The Balaban J connectivity index is 2.40. The van der Waals surface area contributed by atoms with Crippen LogP contribution in [0.4, 0.5) is 5.82 Å². The lowest BCUT2D eigenvalue weighted by atomic mass is 10.1.